The van der Waals surface area contributed by atoms with Crippen molar-refractivity contribution in [2.75, 3.05) is 17.7 Å². The summed E-state index contributed by atoms with van der Waals surface area (Å²) in [5.74, 6) is -0.0260. The van der Waals surface area contributed by atoms with Crippen LogP contribution < -0.4 is 10.6 Å². The first-order valence-corrected chi connectivity index (χ1v) is 13.2. The summed E-state index contributed by atoms with van der Waals surface area (Å²) in [5.41, 5.74) is 2.44. The van der Waals surface area contributed by atoms with Crippen molar-refractivity contribution in [2.24, 2.45) is 7.05 Å². The Morgan fingerprint density at radius 3 is 2.71 bits per heavy atom. The maximum absolute atomic E-state index is 12.7. The summed E-state index contributed by atoms with van der Waals surface area (Å²) in [6.07, 6.45) is 3.05. The molecule has 9 nitrogen and oxygen atoms in total. The molecule has 1 aromatic carbocycles. The molecule has 0 saturated heterocycles. The van der Waals surface area contributed by atoms with Gasteiger partial charge in [-0.2, -0.15) is 0 Å². The number of anilines is 1. The number of thioether (sulfide) groups is 1. The van der Waals surface area contributed by atoms with E-state index >= 15 is 0 Å². The van der Waals surface area contributed by atoms with Gasteiger partial charge in [-0.15, -0.1) is 21.5 Å². The van der Waals surface area contributed by atoms with Gasteiger partial charge in [0.15, 0.2) is 11.0 Å². The van der Waals surface area contributed by atoms with Crippen molar-refractivity contribution >= 4 is 45.9 Å². The van der Waals surface area contributed by atoms with Gasteiger partial charge in [-0.3, -0.25) is 9.59 Å². The Morgan fingerprint density at radius 1 is 1.14 bits per heavy atom. The van der Waals surface area contributed by atoms with Crippen LogP contribution in [0.4, 0.5) is 5.00 Å². The molecule has 3 aromatic rings. The Balaban J connectivity index is 1.31. The molecule has 2 heterocycles. The zero-order valence-corrected chi connectivity index (χ0v) is 21.3. The number of hydrogen-bond acceptors (Lipinski definition) is 8. The van der Waals surface area contributed by atoms with Gasteiger partial charge in [-0.05, 0) is 37.3 Å². The van der Waals surface area contributed by atoms with Gasteiger partial charge in [0.25, 0.3) is 0 Å². The lowest BCUT2D eigenvalue weighted by Crippen LogP contribution is -2.26. The highest BCUT2D eigenvalue weighted by atomic mass is 32.2. The Kier molecular flexibility index (Phi) is 8.19. The van der Waals surface area contributed by atoms with E-state index in [2.05, 4.69) is 20.8 Å². The molecule has 0 aliphatic heterocycles. The Labute approximate surface area is 211 Å². The number of hydrogen-bond donors (Lipinski definition) is 2. The topological polar surface area (TPSA) is 115 Å². The van der Waals surface area contributed by atoms with Gasteiger partial charge in [0.1, 0.15) is 5.00 Å². The van der Waals surface area contributed by atoms with Crippen LogP contribution in [0.1, 0.15) is 45.5 Å². The molecular weight excluding hydrogens is 486 g/mol. The van der Waals surface area contributed by atoms with Gasteiger partial charge in [0.05, 0.1) is 30.9 Å². The van der Waals surface area contributed by atoms with E-state index in [4.69, 9.17) is 4.74 Å². The summed E-state index contributed by atoms with van der Waals surface area (Å²) in [6, 6.07) is 9.51. The first-order chi connectivity index (χ1) is 17.0. The second-order valence-corrected chi connectivity index (χ2v) is 10.1. The fourth-order valence-electron chi connectivity index (χ4n) is 3.85. The van der Waals surface area contributed by atoms with E-state index < -0.39 is 0 Å². The van der Waals surface area contributed by atoms with E-state index in [0.717, 1.165) is 35.3 Å². The number of aromatic nitrogens is 3. The summed E-state index contributed by atoms with van der Waals surface area (Å²) in [7, 11) is 1.79. The van der Waals surface area contributed by atoms with Crippen LogP contribution in [0, 0.1) is 0 Å². The number of carbonyl (C=O) groups is 3. The van der Waals surface area contributed by atoms with Crippen molar-refractivity contribution in [3.05, 3.63) is 57.7 Å². The smallest absolute Gasteiger partial charge is 0.341 e. The summed E-state index contributed by atoms with van der Waals surface area (Å²) < 4.78 is 6.97. The molecule has 0 saturated carbocycles. The molecule has 35 heavy (non-hydrogen) atoms. The van der Waals surface area contributed by atoms with Gasteiger partial charge in [0, 0.05) is 11.9 Å². The minimum atomic E-state index is -0.387. The molecule has 2 N–H and O–H groups in total. The molecule has 1 aliphatic rings. The fraction of sp³-hybridized carbons (Fsp3) is 0.375. The minimum absolute atomic E-state index is 0.104. The van der Waals surface area contributed by atoms with E-state index in [-0.39, 0.29) is 36.7 Å². The van der Waals surface area contributed by atoms with Gasteiger partial charge < -0.3 is 19.9 Å². The molecule has 0 atom stereocenters. The lowest BCUT2D eigenvalue weighted by molar-refractivity contribution is -0.120. The monoisotopic (exact) mass is 513 g/mol. The third-order valence-electron chi connectivity index (χ3n) is 5.56. The SMILES string of the molecule is CCOC(=O)c1c(NC(=O)CSc2nnc(CNC(=O)Cc3ccccc3)n2C)sc2c1CCC2. The van der Waals surface area contributed by atoms with E-state index in [1.54, 1.807) is 18.5 Å². The number of amides is 2. The van der Waals surface area contributed by atoms with Crippen molar-refractivity contribution in [1.82, 2.24) is 20.1 Å². The van der Waals surface area contributed by atoms with Crippen LogP contribution in [0.5, 0.6) is 0 Å². The number of ether oxygens (including phenoxy) is 1. The number of carbonyl (C=O) groups excluding carboxylic acids is 3. The molecular formula is C24H27N5O4S2. The number of esters is 1. The van der Waals surface area contributed by atoms with E-state index in [0.29, 0.717) is 28.0 Å². The molecule has 0 unspecified atom stereocenters. The predicted molar refractivity (Wildman–Crippen MR) is 135 cm³/mol. The zero-order chi connectivity index (χ0) is 24.8. The molecule has 4 rings (SSSR count). The fourth-order valence-corrected chi connectivity index (χ4v) is 5.87. The highest BCUT2D eigenvalue weighted by molar-refractivity contribution is 7.99. The Hall–Kier alpha value is -3.18. The third kappa shape index (κ3) is 6.09. The summed E-state index contributed by atoms with van der Waals surface area (Å²) in [4.78, 5) is 38.5. The predicted octanol–water partition coefficient (Wildman–Crippen LogP) is 3.13. The van der Waals surface area contributed by atoms with Crippen molar-refractivity contribution in [2.45, 2.75) is 44.3 Å². The maximum atomic E-state index is 12.7. The lowest BCUT2D eigenvalue weighted by atomic mass is 10.1. The van der Waals surface area contributed by atoms with Crippen LogP contribution in [0.3, 0.4) is 0 Å². The zero-order valence-electron chi connectivity index (χ0n) is 19.6. The molecule has 2 amide bonds. The van der Waals surface area contributed by atoms with E-state index in [1.165, 1.54) is 23.1 Å². The number of nitrogens with one attached hydrogen (secondary N) is 2. The second kappa shape index (κ2) is 11.5. The largest absolute Gasteiger partial charge is 0.462 e. The maximum Gasteiger partial charge on any atom is 0.341 e. The molecule has 11 heteroatoms. The number of rotatable bonds is 10. The van der Waals surface area contributed by atoms with Gasteiger partial charge >= 0.3 is 5.97 Å². The number of aryl methyl sites for hydroxylation is 1. The molecule has 0 radical (unpaired) electrons. The molecule has 2 aromatic heterocycles. The average molecular weight is 514 g/mol. The van der Waals surface area contributed by atoms with Gasteiger partial charge in [0.2, 0.25) is 11.8 Å². The summed E-state index contributed by atoms with van der Waals surface area (Å²) in [5, 5.41) is 15.1. The first-order valence-electron chi connectivity index (χ1n) is 11.4. The standard InChI is InChI=1S/C24H27N5O4S2/c1-3-33-23(32)21-16-10-7-11-17(16)35-22(21)26-20(31)14-34-24-28-27-18(29(24)2)13-25-19(30)12-15-8-5-4-6-9-15/h4-6,8-9H,3,7,10-14H2,1-2H3,(H,25,30)(H,26,31). The van der Waals surface area contributed by atoms with Crippen LogP contribution in [0.2, 0.25) is 0 Å². The average Bonchev–Trinajstić information content (AvgIpc) is 3.52. The minimum Gasteiger partial charge on any atom is -0.462 e. The highest BCUT2D eigenvalue weighted by Gasteiger charge is 2.28. The Bertz CT molecular complexity index is 1220. The highest BCUT2D eigenvalue weighted by Crippen LogP contribution is 2.39. The Morgan fingerprint density at radius 2 is 1.94 bits per heavy atom. The van der Waals surface area contributed by atoms with Crippen molar-refractivity contribution in [3.8, 4) is 0 Å². The molecule has 1 aliphatic carbocycles. The van der Waals surface area contributed by atoms with Crippen LogP contribution in [0.25, 0.3) is 0 Å². The van der Waals surface area contributed by atoms with E-state index in [1.807, 2.05) is 30.3 Å². The van der Waals surface area contributed by atoms with Crippen LogP contribution in [-0.4, -0.2) is 44.9 Å². The molecule has 0 bridgehead atoms. The van der Waals surface area contributed by atoms with Crippen molar-refractivity contribution in [3.63, 3.8) is 0 Å². The summed E-state index contributed by atoms with van der Waals surface area (Å²) in [6.45, 7) is 2.29. The number of nitrogens with zero attached hydrogens (tertiary/aromatic N) is 3. The van der Waals surface area contributed by atoms with Crippen LogP contribution in [0.15, 0.2) is 35.5 Å². The van der Waals surface area contributed by atoms with Gasteiger partial charge in [-0.25, -0.2) is 4.79 Å². The lowest BCUT2D eigenvalue weighted by Gasteiger charge is -2.08. The number of fused-ring (bicyclic) bond motifs is 1. The number of thiophene rings is 1. The van der Waals surface area contributed by atoms with Crippen LogP contribution >= 0.6 is 23.1 Å². The second-order valence-electron chi connectivity index (χ2n) is 8.02. The number of benzene rings is 1. The van der Waals surface area contributed by atoms with E-state index in [9.17, 15) is 14.4 Å². The molecule has 184 valence electrons. The third-order valence-corrected chi connectivity index (χ3v) is 7.79. The van der Waals surface area contributed by atoms with Gasteiger partial charge in [-0.1, -0.05) is 42.1 Å². The molecule has 0 fully saturated rings. The first kappa shape index (κ1) is 24.9. The van der Waals surface area contributed by atoms with Crippen LogP contribution in [-0.2, 0) is 47.2 Å². The molecule has 0 spiro atoms. The van der Waals surface area contributed by atoms with Crippen molar-refractivity contribution in [1.29, 1.82) is 0 Å². The quantitative estimate of drug-likeness (QED) is 0.316. The van der Waals surface area contributed by atoms with Crippen molar-refractivity contribution < 1.29 is 19.1 Å². The summed E-state index contributed by atoms with van der Waals surface area (Å²) >= 11 is 2.69. The normalized spacial score (nSPS) is 12.3.